The fourth-order valence-electron chi connectivity index (χ4n) is 2.50. The molecule has 21 heavy (non-hydrogen) atoms. The molecule has 0 amide bonds. The van der Waals surface area contributed by atoms with E-state index in [1.165, 1.54) is 0 Å². The van der Waals surface area contributed by atoms with Gasteiger partial charge in [-0.25, -0.2) is 4.79 Å². The van der Waals surface area contributed by atoms with Gasteiger partial charge in [-0.05, 0) is 37.5 Å². The minimum atomic E-state index is -1.12. The molecule has 6 heteroatoms. The van der Waals surface area contributed by atoms with E-state index in [0.29, 0.717) is 21.8 Å². The van der Waals surface area contributed by atoms with Crippen LogP contribution in [0.15, 0.2) is 24.3 Å². The number of benzene rings is 1. The van der Waals surface area contributed by atoms with E-state index in [1.54, 1.807) is 35.9 Å². The zero-order chi connectivity index (χ0) is 15.1. The van der Waals surface area contributed by atoms with Crippen molar-refractivity contribution in [2.45, 2.75) is 31.9 Å². The predicted octanol–water partition coefficient (Wildman–Crippen LogP) is 2.96. The molecule has 110 valence electrons. The standard InChI is InChI=1S/C15H15ClN2O3/c1-8-12(14(19)9-2-4-10(16)5-3-9)13(15(20)21)17-18(8)11-6-7-11/h2-5,11,14,19H,6-7H2,1H3,(H,20,21). The van der Waals surface area contributed by atoms with Crippen LogP contribution in [-0.4, -0.2) is 26.0 Å². The molecule has 1 aliphatic carbocycles. The van der Waals surface area contributed by atoms with Crippen LogP contribution in [-0.2, 0) is 0 Å². The summed E-state index contributed by atoms with van der Waals surface area (Å²) in [4.78, 5) is 11.4. The number of aliphatic hydroxyl groups is 1. The quantitative estimate of drug-likeness (QED) is 0.910. The molecule has 0 spiro atoms. The summed E-state index contributed by atoms with van der Waals surface area (Å²) < 4.78 is 1.72. The molecule has 0 aliphatic heterocycles. The van der Waals surface area contributed by atoms with Crippen molar-refractivity contribution in [2.24, 2.45) is 0 Å². The average Bonchev–Trinajstić information content (AvgIpc) is 3.22. The molecule has 0 radical (unpaired) electrons. The van der Waals surface area contributed by atoms with Crippen molar-refractivity contribution in [3.63, 3.8) is 0 Å². The second kappa shape index (κ2) is 5.16. The summed E-state index contributed by atoms with van der Waals surface area (Å²) in [5.41, 5.74) is 1.58. The van der Waals surface area contributed by atoms with Gasteiger partial charge in [-0.2, -0.15) is 5.10 Å². The molecule has 5 nitrogen and oxygen atoms in total. The molecule has 1 aromatic carbocycles. The van der Waals surface area contributed by atoms with Gasteiger partial charge in [0.05, 0.1) is 6.04 Å². The second-order valence-electron chi connectivity index (χ2n) is 5.28. The summed E-state index contributed by atoms with van der Waals surface area (Å²) in [7, 11) is 0. The van der Waals surface area contributed by atoms with Crippen LogP contribution in [0.4, 0.5) is 0 Å². The topological polar surface area (TPSA) is 75.3 Å². The average molecular weight is 307 g/mol. The van der Waals surface area contributed by atoms with Crippen LogP contribution >= 0.6 is 11.6 Å². The van der Waals surface area contributed by atoms with E-state index in [0.717, 1.165) is 12.8 Å². The lowest BCUT2D eigenvalue weighted by Gasteiger charge is -2.12. The Morgan fingerprint density at radius 1 is 1.38 bits per heavy atom. The number of rotatable bonds is 4. The minimum absolute atomic E-state index is 0.0816. The third kappa shape index (κ3) is 2.54. The highest BCUT2D eigenvalue weighted by molar-refractivity contribution is 6.30. The van der Waals surface area contributed by atoms with Crippen molar-refractivity contribution in [1.29, 1.82) is 0 Å². The molecule has 1 saturated carbocycles. The van der Waals surface area contributed by atoms with Crippen molar-refractivity contribution in [3.05, 3.63) is 51.8 Å². The third-order valence-corrected chi connectivity index (χ3v) is 4.00. The maximum absolute atomic E-state index is 11.4. The van der Waals surface area contributed by atoms with Crippen molar-refractivity contribution in [1.82, 2.24) is 9.78 Å². The Morgan fingerprint density at radius 3 is 2.52 bits per heavy atom. The van der Waals surface area contributed by atoms with E-state index in [4.69, 9.17) is 11.6 Å². The van der Waals surface area contributed by atoms with Gasteiger partial charge in [0.15, 0.2) is 5.69 Å². The van der Waals surface area contributed by atoms with Crippen LogP contribution in [0.5, 0.6) is 0 Å². The Hall–Kier alpha value is -1.85. The number of aromatic nitrogens is 2. The fraction of sp³-hybridized carbons (Fsp3) is 0.333. The first-order valence-electron chi connectivity index (χ1n) is 6.75. The first-order valence-corrected chi connectivity index (χ1v) is 7.12. The Kier molecular flexibility index (Phi) is 3.47. The largest absolute Gasteiger partial charge is 0.476 e. The van der Waals surface area contributed by atoms with E-state index < -0.39 is 12.1 Å². The maximum atomic E-state index is 11.4. The molecule has 2 aromatic rings. The lowest BCUT2D eigenvalue weighted by Crippen LogP contribution is -2.08. The summed E-state index contributed by atoms with van der Waals surface area (Å²) in [6.07, 6.45) is 0.969. The highest BCUT2D eigenvalue weighted by Crippen LogP contribution is 2.38. The second-order valence-corrected chi connectivity index (χ2v) is 5.72. The third-order valence-electron chi connectivity index (χ3n) is 3.75. The molecule has 1 aliphatic rings. The zero-order valence-corrected chi connectivity index (χ0v) is 12.2. The molecule has 0 bridgehead atoms. The maximum Gasteiger partial charge on any atom is 0.356 e. The Morgan fingerprint density at radius 2 is 2.00 bits per heavy atom. The van der Waals surface area contributed by atoms with E-state index in [-0.39, 0.29) is 11.7 Å². The Bertz CT molecular complexity index is 690. The van der Waals surface area contributed by atoms with Crippen molar-refractivity contribution < 1.29 is 15.0 Å². The van der Waals surface area contributed by atoms with Gasteiger partial charge in [0, 0.05) is 16.3 Å². The molecular weight excluding hydrogens is 292 g/mol. The summed E-state index contributed by atoms with van der Waals surface area (Å²) in [6, 6.07) is 6.97. The molecule has 0 saturated heterocycles. The molecule has 3 rings (SSSR count). The first-order chi connectivity index (χ1) is 9.99. The van der Waals surface area contributed by atoms with Gasteiger partial charge in [0.2, 0.25) is 0 Å². The van der Waals surface area contributed by atoms with Crippen LogP contribution < -0.4 is 0 Å². The van der Waals surface area contributed by atoms with Gasteiger partial charge in [-0.3, -0.25) is 4.68 Å². The molecule has 1 fully saturated rings. The van der Waals surface area contributed by atoms with Crippen molar-refractivity contribution >= 4 is 17.6 Å². The van der Waals surface area contributed by atoms with Crippen LogP contribution in [0.3, 0.4) is 0 Å². The van der Waals surface area contributed by atoms with Gasteiger partial charge in [0.1, 0.15) is 6.10 Å². The number of carboxylic acids is 1. The van der Waals surface area contributed by atoms with E-state index >= 15 is 0 Å². The SMILES string of the molecule is Cc1c(C(O)c2ccc(Cl)cc2)c(C(=O)O)nn1C1CC1. The smallest absolute Gasteiger partial charge is 0.356 e. The summed E-state index contributed by atoms with van der Waals surface area (Å²) in [5, 5.41) is 24.6. The molecule has 1 atom stereocenters. The van der Waals surface area contributed by atoms with Gasteiger partial charge in [0.25, 0.3) is 0 Å². The number of hydrogen-bond donors (Lipinski definition) is 2. The predicted molar refractivity (Wildman–Crippen MR) is 77.7 cm³/mol. The van der Waals surface area contributed by atoms with E-state index in [1.807, 2.05) is 0 Å². The lowest BCUT2D eigenvalue weighted by molar-refractivity contribution is 0.0684. The number of halogens is 1. The van der Waals surface area contributed by atoms with Crippen LogP contribution in [0.1, 0.15) is 52.3 Å². The molecular formula is C15H15ClN2O3. The number of carbonyl (C=O) groups is 1. The normalized spacial score (nSPS) is 16.0. The minimum Gasteiger partial charge on any atom is -0.476 e. The van der Waals surface area contributed by atoms with Crippen LogP contribution in [0.2, 0.25) is 5.02 Å². The van der Waals surface area contributed by atoms with E-state index in [2.05, 4.69) is 5.10 Å². The number of carboxylic acid groups (broad SMARTS) is 1. The zero-order valence-electron chi connectivity index (χ0n) is 11.5. The van der Waals surface area contributed by atoms with Crippen molar-refractivity contribution in [3.8, 4) is 0 Å². The lowest BCUT2D eigenvalue weighted by atomic mass is 9.99. The summed E-state index contributed by atoms with van der Waals surface area (Å²) in [6.45, 7) is 1.80. The monoisotopic (exact) mass is 306 g/mol. The van der Waals surface area contributed by atoms with Crippen LogP contribution in [0.25, 0.3) is 0 Å². The van der Waals surface area contributed by atoms with Crippen molar-refractivity contribution in [2.75, 3.05) is 0 Å². The number of aromatic carboxylic acids is 1. The highest BCUT2D eigenvalue weighted by atomic mass is 35.5. The number of aliphatic hydroxyl groups excluding tert-OH is 1. The molecule has 1 aromatic heterocycles. The molecule has 1 heterocycles. The number of hydrogen-bond acceptors (Lipinski definition) is 3. The van der Waals surface area contributed by atoms with E-state index in [9.17, 15) is 15.0 Å². The Balaban J connectivity index is 2.07. The Labute approximate surface area is 126 Å². The summed E-state index contributed by atoms with van der Waals surface area (Å²) in [5.74, 6) is -1.12. The van der Waals surface area contributed by atoms with Gasteiger partial charge in [-0.1, -0.05) is 23.7 Å². The van der Waals surface area contributed by atoms with Crippen LogP contribution in [0, 0.1) is 6.92 Å². The summed E-state index contributed by atoms with van der Waals surface area (Å²) >= 11 is 5.84. The molecule has 2 N–H and O–H groups in total. The first kappa shape index (κ1) is 14.1. The van der Waals surface area contributed by atoms with Gasteiger partial charge < -0.3 is 10.2 Å². The highest BCUT2D eigenvalue weighted by Gasteiger charge is 2.32. The number of nitrogens with zero attached hydrogens (tertiary/aromatic N) is 2. The fourth-order valence-corrected chi connectivity index (χ4v) is 2.63. The molecule has 1 unspecified atom stereocenters. The van der Waals surface area contributed by atoms with Gasteiger partial charge >= 0.3 is 5.97 Å². The van der Waals surface area contributed by atoms with Gasteiger partial charge in [-0.15, -0.1) is 0 Å².